The molecule has 0 saturated heterocycles. The van der Waals surface area contributed by atoms with E-state index in [-0.39, 0.29) is 17.7 Å². The van der Waals surface area contributed by atoms with Crippen molar-refractivity contribution in [2.24, 2.45) is 0 Å². The van der Waals surface area contributed by atoms with Gasteiger partial charge in [0.25, 0.3) is 5.91 Å². The van der Waals surface area contributed by atoms with Crippen molar-refractivity contribution < 1.29 is 9.90 Å². The molecule has 2 aromatic rings. The molecule has 3 heteroatoms. The number of hydrogen-bond acceptors (Lipinski definition) is 2. The minimum atomic E-state index is -0.0408. The number of benzene rings is 2. The van der Waals surface area contributed by atoms with Gasteiger partial charge >= 0.3 is 0 Å². The Morgan fingerprint density at radius 2 is 1.74 bits per heavy atom. The molecule has 1 amide bonds. The van der Waals surface area contributed by atoms with Gasteiger partial charge < -0.3 is 10.0 Å². The second-order valence-electron chi connectivity index (χ2n) is 6.14. The van der Waals surface area contributed by atoms with Crippen LogP contribution in [0.2, 0.25) is 0 Å². The molecule has 0 fully saturated rings. The first-order chi connectivity index (χ1) is 11.2. The number of fused-ring (bicyclic) bond motifs is 1. The van der Waals surface area contributed by atoms with E-state index in [9.17, 15) is 9.90 Å². The summed E-state index contributed by atoms with van der Waals surface area (Å²) >= 11 is 0. The number of aromatic hydroxyl groups is 1. The highest BCUT2D eigenvalue weighted by Gasteiger charge is 2.36. The van der Waals surface area contributed by atoms with Crippen LogP contribution in [0.5, 0.6) is 5.75 Å². The fraction of sp³-hybridized carbons (Fsp3) is 0.350. The van der Waals surface area contributed by atoms with E-state index < -0.39 is 0 Å². The summed E-state index contributed by atoms with van der Waals surface area (Å²) in [6.07, 6.45) is 4.58. The van der Waals surface area contributed by atoms with Crippen molar-refractivity contribution in [1.29, 1.82) is 0 Å². The van der Waals surface area contributed by atoms with Gasteiger partial charge in [0.1, 0.15) is 5.75 Å². The molecule has 3 nitrogen and oxygen atoms in total. The number of phenolic OH excluding ortho intramolecular Hbond substituents is 1. The Hall–Kier alpha value is -2.29. The third-order valence-corrected chi connectivity index (χ3v) is 4.52. The molecular weight excluding hydrogens is 286 g/mol. The van der Waals surface area contributed by atoms with E-state index in [1.165, 1.54) is 12.8 Å². The van der Waals surface area contributed by atoms with Crippen molar-refractivity contribution in [1.82, 2.24) is 4.90 Å². The Morgan fingerprint density at radius 3 is 2.48 bits per heavy atom. The van der Waals surface area contributed by atoms with Crippen molar-refractivity contribution >= 4 is 5.91 Å². The quantitative estimate of drug-likeness (QED) is 0.797. The highest BCUT2D eigenvalue weighted by atomic mass is 16.3. The molecule has 3 rings (SSSR count). The smallest absolute Gasteiger partial charge is 0.255 e. The van der Waals surface area contributed by atoms with E-state index in [0.717, 1.165) is 36.1 Å². The van der Waals surface area contributed by atoms with Crippen LogP contribution in [0.15, 0.2) is 48.5 Å². The predicted octanol–water partition coefficient (Wildman–Crippen LogP) is 4.52. The number of rotatable bonds is 6. The number of nitrogens with zero attached hydrogens (tertiary/aromatic N) is 1. The normalized spacial score (nSPS) is 16.7. The Morgan fingerprint density at radius 1 is 1.00 bits per heavy atom. The van der Waals surface area contributed by atoms with E-state index in [0.29, 0.717) is 0 Å². The lowest BCUT2D eigenvalue weighted by Crippen LogP contribution is -2.29. The summed E-state index contributed by atoms with van der Waals surface area (Å²) < 4.78 is 0. The molecule has 0 unspecified atom stereocenters. The van der Waals surface area contributed by atoms with Gasteiger partial charge in [-0.3, -0.25) is 4.79 Å². The molecule has 1 aliphatic rings. The molecule has 0 aliphatic carbocycles. The van der Waals surface area contributed by atoms with E-state index in [1.807, 2.05) is 41.3 Å². The summed E-state index contributed by atoms with van der Waals surface area (Å²) in [6, 6.07) is 15.0. The summed E-state index contributed by atoms with van der Waals surface area (Å²) in [7, 11) is 0. The van der Waals surface area contributed by atoms with E-state index in [4.69, 9.17) is 0 Å². The van der Waals surface area contributed by atoms with Gasteiger partial charge in [-0.1, -0.05) is 56.5 Å². The summed E-state index contributed by atoms with van der Waals surface area (Å²) in [4.78, 5) is 14.8. The molecule has 0 spiro atoms. The van der Waals surface area contributed by atoms with Crippen molar-refractivity contribution in [3.63, 3.8) is 0 Å². The summed E-state index contributed by atoms with van der Waals surface area (Å²) in [6.45, 7) is 2.97. The third kappa shape index (κ3) is 3.09. The lowest BCUT2D eigenvalue weighted by molar-refractivity contribution is 0.0746. The summed E-state index contributed by atoms with van der Waals surface area (Å²) in [5.41, 5.74) is 2.93. The fourth-order valence-electron chi connectivity index (χ4n) is 3.33. The Balaban J connectivity index is 1.90. The van der Waals surface area contributed by atoms with Crippen molar-refractivity contribution in [3.8, 4) is 5.75 Å². The number of amides is 1. The van der Waals surface area contributed by atoms with Gasteiger partial charge in [-0.2, -0.15) is 0 Å². The number of unbranched alkanes of at least 4 members (excludes halogenated alkanes) is 3. The number of carbonyl (C=O) groups excluding carboxylic acids is 1. The zero-order valence-corrected chi connectivity index (χ0v) is 13.5. The van der Waals surface area contributed by atoms with Crippen LogP contribution >= 0.6 is 0 Å². The van der Waals surface area contributed by atoms with Gasteiger partial charge in [0, 0.05) is 12.1 Å². The van der Waals surface area contributed by atoms with Crippen molar-refractivity contribution in [2.75, 3.05) is 6.54 Å². The Labute approximate surface area is 137 Å². The maximum atomic E-state index is 12.8. The average molecular weight is 309 g/mol. The molecule has 0 saturated carbocycles. The van der Waals surface area contributed by atoms with Crippen molar-refractivity contribution in [3.05, 3.63) is 65.2 Å². The topological polar surface area (TPSA) is 40.5 Å². The van der Waals surface area contributed by atoms with Gasteiger partial charge in [0.05, 0.1) is 6.04 Å². The van der Waals surface area contributed by atoms with E-state index >= 15 is 0 Å². The molecule has 0 bridgehead atoms. The van der Waals surface area contributed by atoms with Crippen LogP contribution in [-0.2, 0) is 0 Å². The lowest BCUT2D eigenvalue weighted by atomic mass is 9.98. The molecule has 2 aromatic carbocycles. The molecule has 1 atom stereocenters. The highest BCUT2D eigenvalue weighted by Crippen LogP contribution is 2.38. The van der Waals surface area contributed by atoms with Gasteiger partial charge in [0.15, 0.2) is 0 Å². The lowest BCUT2D eigenvalue weighted by Gasteiger charge is -2.26. The highest BCUT2D eigenvalue weighted by molar-refractivity contribution is 5.99. The zero-order valence-electron chi connectivity index (χ0n) is 13.5. The fourth-order valence-corrected chi connectivity index (χ4v) is 3.33. The van der Waals surface area contributed by atoms with Crippen LogP contribution in [0.1, 0.15) is 60.1 Å². The molecule has 120 valence electrons. The molecule has 0 radical (unpaired) electrons. The first kappa shape index (κ1) is 15.6. The van der Waals surface area contributed by atoms with Gasteiger partial charge in [-0.25, -0.2) is 0 Å². The Bertz CT molecular complexity index is 678. The van der Waals surface area contributed by atoms with Crippen LogP contribution in [-0.4, -0.2) is 22.5 Å². The predicted molar refractivity (Wildman–Crippen MR) is 91.6 cm³/mol. The molecular formula is C20H23NO2. The van der Waals surface area contributed by atoms with Crippen LogP contribution in [0.25, 0.3) is 0 Å². The first-order valence-electron chi connectivity index (χ1n) is 8.41. The van der Waals surface area contributed by atoms with Crippen molar-refractivity contribution in [2.45, 2.75) is 38.6 Å². The Kier molecular flexibility index (Phi) is 4.65. The minimum Gasteiger partial charge on any atom is -0.508 e. The van der Waals surface area contributed by atoms with E-state index in [2.05, 4.69) is 6.92 Å². The van der Waals surface area contributed by atoms with Gasteiger partial charge in [-0.15, -0.1) is 0 Å². The van der Waals surface area contributed by atoms with Gasteiger partial charge in [0.2, 0.25) is 0 Å². The third-order valence-electron chi connectivity index (χ3n) is 4.52. The first-order valence-corrected chi connectivity index (χ1v) is 8.41. The number of phenols is 1. The molecule has 1 N–H and O–H groups in total. The monoisotopic (exact) mass is 309 g/mol. The zero-order chi connectivity index (χ0) is 16.2. The molecule has 1 aliphatic heterocycles. The van der Waals surface area contributed by atoms with Gasteiger partial charge in [-0.05, 0) is 35.7 Å². The maximum absolute atomic E-state index is 12.8. The average Bonchev–Trinajstić information content (AvgIpc) is 2.85. The number of carbonyl (C=O) groups is 1. The largest absolute Gasteiger partial charge is 0.508 e. The minimum absolute atomic E-state index is 0.0408. The molecule has 1 heterocycles. The molecule has 0 aromatic heterocycles. The van der Waals surface area contributed by atoms with Crippen LogP contribution in [0, 0.1) is 0 Å². The van der Waals surface area contributed by atoms with E-state index in [1.54, 1.807) is 12.1 Å². The standard InChI is InChI=1S/C20H23NO2/c1-2-3-4-7-14-21-19(15-10-12-16(22)13-11-15)17-8-5-6-9-18(17)20(21)23/h5-6,8-13,19,22H,2-4,7,14H2,1H3/t19-/m1/s1. The second kappa shape index (κ2) is 6.86. The second-order valence-corrected chi connectivity index (χ2v) is 6.14. The van der Waals surface area contributed by atoms with Crippen LogP contribution in [0.3, 0.4) is 0 Å². The number of hydrogen-bond donors (Lipinski definition) is 1. The summed E-state index contributed by atoms with van der Waals surface area (Å²) in [5, 5.41) is 9.53. The van der Waals surface area contributed by atoms with Crippen LogP contribution in [0.4, 0.5) is 0 Å². The van der Waals surface area contributed by atoms with Crippen LogP contribution < -0.4 is 0 Å². The molecule has 23 heavy (non-hydrogen) atoms. The SMILES string of the molecule is CCCCCCN1C(=O)c2ccccc2[C@H]1c1ccc(O)cc1. The summed E-state index contributed by atoms with van der Waals surface area (Å²) in [5.74, 6) is 0.371. The maximum Gasteiger partial charge on any atom is 0.255 e.